The molecule has 6 aromatic rings. The standard InChI is InChI=1S/C45H45N3O7S/c1-48-24-22-34(23-25-48)55-44(53)45(54,32-7-3-2-4-8-32)33-9-5-6-31(26-33)41-20-15-35(56-41)14-18-38(49)30-12-10-29(11-13-30)27-46-28-40(51)36-16-19-39(50)43-37(36)17-21-42(52)47-43/h2-13,15-17,19-21,26,34,40,46,50-51,54H,14,18,22-25,27-28H2,1H3,(H,47,52)/t40-,45-/m0/s1. The second kappa shape index (κ2) is 17.2. The number of hydrogen-bond donors (Lipinski definition) is 5. The number of aryl methyl sites for hydroxylation is 1. The smallest absolute Gasteiger partial charge is 0.347 e. The molecular weight excluding hydrogens is 727 g/mol. The number of nitrogens with one attached hydrogen (secondary N) is 2. The predicted octanol–water partition coefficient (Wildman–Crippen LogP) is 6.47. The maximum absolute atomic E-state index is 13.8. The molecular formula is C45H45N3O7S. The van der Waals surface area contributed by atoms with Crippen LogP contribution in [0.1, 0.15) is 62.9 Å². The van der Waals surface area contributed by atoms with Gasteiger partial charge >= 0.3 is 5.97 Å². The van der Waals surface area contributed by atoms with Crippen LogP contribution < -0.4 is 10.9 Å². The molecule has 7 rings (SSSR count). The van der Waals surface area contributed by atoms with E-state index in [2.05, 4.69) is 15.2 Å². The van der Waals surface area contributed by atoms with Gasteiger partial charge < -0.3 is 35.3 Å². The summed E-state index contributed by atoms with van der Waals surface area (Å²) in [4.78, 5) is 45.5. The van der Waals surface area contributed by atoms with Crippen LogP contribution in [-0.2, 0) is 28.1 Å². The number of ketones is 1. The van der Waals surface area contributed by atoms with E-state index in [1.54, 1.807) is 53.8 Å². The van der Waals surface area contributed by atoms with Crippen LogP contribution in [0.3, 0.4) is 0 Å². The number of phenols is 1. The Kier molecular flexibility index (Phi) is 11.9. The Hall–Kier alpha value is -5.43. The highest BCUT2D eigenvalue weighted by Crippen LogP contribution is 2.37. The van der Waals surface area contributed by atoms with Crippen LogP contribution in [0.2, 0.25) is 0 Å². The Morgan fingerprint density at radius 1 is 0.929 bits per heavy atom. The number of nitrogens with zero attached hydrogens (tertiary/aromatic N) is 1. The lowest BCUT2D eigenvalue weighted by Crippen LogP contribution is -2.43. The van der Waals surface area contributed by atoms with Crippen LogP contribution in [0.15, 0.2) is 120 Å². The number of ether oxygens (including phenoxy) is 1. The Balaban J connectivity index is 0.952. The minimum Gasteiger partial charge on any atom is -0.506 e. The number of thiophene rings is 1. The molecule has 0 bridgehead atoms. The third-order valence-electron chi connectivity index (χ3n) is 10.5. The average Bonchev–Trinajstić information content (AvgIpc) is 3.70. The number of phenolic OH excluding ortho intramolecular Hbond substituents is 1. The van der Waals surface area contributed by atoms with Gasteiger partial charge in [-0.05, 0) is 78.9 Å². The van der Waals surface area contributed by atoms with Gasteiger partial charge in [-0.3, -0.25) is 9.59 Å². The highest BCUT2D eigenvalue weighted by Gasteiger charge is 2.43. The van der Waals surface area contributed by atoms with Crippen molar-refractivity contribution in [1.82, 2.24) is 15.2 Å². The molecule has 1 fully saturated rings. The van der Waals surface area contributed by atoms with E-state index >= 15 is 0 Å². The topological polar surface area (TPSA) is 152 Å². The molecule has 1 saturated heterocycles. The lowest BCUT2D eigenvalue weighted by Gasteiger charge is -2.33. The summed E-state index contributed by atoms with van der Waals surface area (Å²) < 4.78 is 5.95. The first-order valence-electron chi connectivity index (χ1n) is 18.8. The van der Waals surface area contributed by atoms with Gasteiger partial charge in [-0.15, -0.1) is 11.3 Å². The SMILES string of the molecule is CN1CCC(OC(=O)[C@](O)(c2ccccc2)c2cccc(-c3ccc(CCC(=O)c4ccc(CNC[C@H](O)c5ccc(O)c6[nH]c(=O)ccc56)cc4)s3)c2)CC1. The van der Waals surface area contributed by atoms with Crippen molar-refractivity contribution < 1.29 is 29.6 Å². The van der Waals surface area contributed by atoms with Crippen LogP contribution in [0.4, 0.5) is 0 Å². The summed E-state index contributed by atoms with van der Waals surface area (Å²) in [6.07, 6.45) is 1.22. The Labute approximate surface area is 329 Å². The van der Waals surface area contributed by atoms with Crippen molar-refractivity contribution in [2.24, 2.45) is 0 Å². The molecule has 0 saturated carbocycles. The molecule has 0 radical (unpaired) electrons. The van der Waals surface area contributed by atoms with E-state index in [1.807, 2.05) is 67.7 Å². The molecule has 4 aromatic carbocycles. The van der Waals surface area contributed by atoms with Crippen molar-refractivity contribution in [3.63, 3.8) is 0 Å². The van der Waals surface area contributed by atoms with Gasteiger partial charge in [-0.25, -0.2) is 4.79 Å². The fraction of sp³-hybridized carbons (Fsp3) is 0.267. The van der Waals surface area contributed by atoms with Crippen molar-refractivity contribution in [1.29, 1.82) is 0 Å². The van der Waals surface area contributed by atoms with E-state index in [1.165, 1.54) is 12.1 Å². The first kappa shape index (κ1) is 38.8. The maximum atomic E-state index is 13.8. The van der Waals surface area contributed by atoms with Crippen LogP contribution in [0.5, 0.6) is 5.75 Å². The molecule has 56 heavy (non-hydrogen) atoms. The third kappa shape index (κ3) is 8.67. The molecule has 0 aliphatic carbocycles. The van der Waals surface area contributed by atoms with Gasteiger partial charge in [0.2, 0.25) is 11.2 Å². The summed E-state index contributed by atoms with van der Waals surface area (Å²) in [6, 6.07) is 33.8. The lowest BCUT2D eigenvalue weighted by molar-refractivity contribution is -0.169. The number of aliphatic hydroxyl groups is 2. The monoisotopic (exact) mass is 771 g/mol. The van der Waals surface area contributed by atoms with Gasteiger partial charge in [-0.2, -0.15) is 0 Å². The molecule has 0 spiro atoms. The van der Waals surface area contributed by atoms with Gasteiger partial charge in [0.15, 0.2) is 5.78 Å². The molecule has 2 aromatic heterocycles. The highest BCUT2D eigenvalue weighted by molar-refractivity contribution is 7.15. The van der Waals surface area contributed by atoms with E-state index < -0.39 is 17.7 Å². The number of benzene rings is 4. The number of Topliss-reactive ketones (excluding diaryl/α,β-unsaturated/α-hetero) is 1. The fourth-order valence-corrected chi connectivity index (χ4v) is 8.19. The lowest BCUT2D eigenvalue weighted by atomic mass is 9.85. The van der Waals surface area contributed by atoms with Crippen LogP contribution in [0, 0.1) is 0 Å². The summed E-state index contributed by atoms with van der Waals surface area (Å²) in [5.41, 5.74) is 1.87. The number of carbonyl (C=O) groups excluding carboxylic acids is 2. The number of esters is 1. The van der Waals surface area contributed by atoms with Gasteiger partial charge in [0.25, 0.3) is 0 Å². The van der Waals surface area contributed by atoms with E-state index in [-0.39, 0.29) is 35.3 Å². The number of fused-ring (bicyclic) bond motifs is 1. The largest absolute Gasteiger partial charge is 0.506 e. The number of aromatic hydroxyl groups is 1. The van der Waals surface area contributed by atoms with Crippen molar-refractivity contribution in [3.8, 4) is 16.2 Å². The second-order valence-corrected chi connectivity index (χ2v) is 15.6. The summed E-state index contributed by atoms with van der Waals surface area (Å²) in [7, 11) is 2.05. The molecule has 10 nitrogen and oxygen atoms in total. The number of rotatable bonds is 14. The number of piperidine rings is 1. The summed E-state index contributed by atoms with van der Waals surface area (Å²) in [6.45, 7) is 2.37. The molecule has 11 heteroatoms. The highest BCUT2D eigenvalue weighted by atomic mass is 32.1. The van der Waals surface area contributed by atoms with E-state index in [9.17, 15) is 29.7 Å². The molecule has 2 atom stereocenters. The number of aromatic nitrogens is 1. The summed E-state index contributed by atoms with van der Waals surface area (Å²) in [5, 5.41) is 36.9. The van der Waals surface area contributed by atoms with Crippen molar-refractivity contribution >= 4 is 34.0 Å². The van der Waals surface area contributed by atoms with Gasteiger partial charge in [0.1, 0.15) is 11.9 Å². The number of pyridine rings is 1. The molecule has 3 heterocycles. The van der Waals surface area contributed by atoms with Gasteiger partial charge in [0.05, 0.1) is 11.6 Å². The normalized spacial score (nSPS) is 15.3. The summed E-state index contributed by atoms with van der Waals surface area (Å²) >= 11 is 1.58. The first-order valence-corrected chi connectivity index (χ1v) is 19.6. The Bertz CT molecular complexity index is 2370. The Morgan fingerprint density at radius 3 is 2.45 bits per heavy atom. The number of likely N-dealkylation sites (tertiary alicyclic amines) is 1. The molecule has 288 valence electrons. The number of carbonyl (C=O) groups is 2. The molecule has 1 aliphatic rings. The zero-order valence-corrected chi connectivity index (χ0v) is 31.9. The van der Waals surface area contributed by atoms with E-state index in [0.717, 1.165) is 46.8 Å². The molecule has 0 amide bonds. The minimum absolute atomic E-state index is 0.0326. The quantitative estimate of drug-likeness (QED) is 0.0620. The summed E-state index contributed by atoms with van der Waals surface area (Å²) in [5.74, 6) is -0.704. The third-order valence-corrected chi connectivity index (χ3v) is 11.7. The zero-order valence-electron chi connectivity index (χ0n) is 31.1. The molecule has 1 aliphatic heterocycles. The second-order valence-electron chi connectivity index (χ2n) is 14.4. The van der Waals surface area contributed by atoms with Crippen molar-refractivity contribution in [2.45, 2.75) is 50.0 Å². The van der Waals surface area contributed by atoms with Crippen LogP contribution in [-0.4, -0.2) is 69.7 Å². The fourth-order valence-electron chi connectivity index (χ4n) is 7.19. The van der Waals surface area contributed by atoms with Crippen LogP contribution >= 0.6 is 11.3 Å². The van der Waals surface area contributed by atoms with E-state index in [4.69, 9.17) is 4.74 Å². The average molecular weight is 772 g/mol. The molecule has 5 N–H and O–H groups in total. The maximum Gasteiger partial charge on any atom is 0.347 e. The van der Waals surface area contributed by atoms with E-state index in [0.29, 0.717) is 47.0 Å². The number of hydrogen-bond acceptors (Lipinski definition) is 10. The Morgan fingerprint density at radius 2 is 1.68 bits per heavy atom. The number of aromatic amines is 1. The number of H-pyrrole nitrogens is 1. The zero-order chi connectivity index (χ0) is 39.2. The van der Waals surface area contributed by atoms with Crippen molar-refractivity contribution in [3.05, 3.63) is 158 Å². The number of aliphatic hydroxyl groups excluding tert-OH is 1. The first-order chi connectivity index (χ1) is 27.1. The van der Waals surface area contributed by atoms with Crippen LogP contribution in [0.25, 0.3) is 21.3 Å². The minimum atomic E-state index is -1.98. The van der Waals surface area contributed by atoms with Gasteiger partial charge in [0, 0.05) is 64.9 Å². The molecule has 0 unspecified atom stereocenters. The van der Waals surface area contributed by atoms with Gasteiger partial charge in [-0.1, -0.05) is 78.9 Å². The van der Waals surface area contributed by atoms with Crippen molar-refractivity contribution in [2.75, 3.05) is 26.7 Å². The predicted molar refractivity (Wildman–Crippen MR) is 218 cm³/mol.